The van der Waals surface area contributed by atoms with Gasteiger partial charge >= 0.3 is 5.97 Å². The van der Waals surface area contributed by atoms with E-state index in [0.717, 1.165) is 11.3 Å². The van der Waals surface area contributed by atoms with Crippen LogP contribution in [0.5, 0.6) is 5.75 Å². The first kappa shape index (κ1) is 14.8. The quantitative estimate of drug-likeness (QED) is 0.882. The molecular weight excluding hydrogens is 258 g/mol. The van der Waals surface area contributed by atoms with Gasteiger partial charge in [0.1, 0.15) is 11.8 Å². The molecule has 1 aliphatic heterocycles. The number of aliphatic carboxylic acids is 1. The van der Waals surface area contributed by atoms with Crippen molar-refractivity contribution >= 4 is 5.97 Å². The van der Waals surface area contributed by atoms with Crippen LogP contribution in [0, 0.1) is 0 Å². The number of carbonyl (C=O) groups is 1. The fourth-order valence-corrected chi connectivity index (χ4v) is 2.30. The summed E-state index contributed by atoms with van der Waals surface area (Å²) in [5.74, 6) is -0.0550. The third kappa shape index (κ3) is 3.49. The monoisotopic (exact) mass is 279 g/mol. The van der Waals surface area contributed by atoms with Crippen molar-refractivity contribution in [2.45, 2.75) is 45.1 Å². The van der Waals surface area contributed by atoms with Crippen LogP contribution in [-0.2, 0) is 9.53 Å². The van der Waals surface area contributed by atoms with Gasteiger partial charge in [0.05, 0.1) is 18.3 Å². The number of morpholine rings is 1. The second-order valence-corrected chi connectivity index (χ2v) is 5.29. The minimum atomic E-state index is -0.878. The van der Waals surface area contributed by atoms with Crippen molar-refractivity contribution in [1.82, 2.24) is 5.32 Å². The molecule has 1 saturated heterocycles. The molecule has 0 spiro atoms. The van der Waals surface area contributed by atoms with E-state index in [2.05, 4.69) is 5.32 Å². The lowest BCUT2D eigenvalue weighted by molar-refractivity contribution is -0.149. The molecule has 2 rings (SSSR count). The van der Waals surface area contributed by atoms with Gasteiger partial charge in [0.2, 0.25) is 0 Å². The summed E-state index contributed by atoms with van der Waals surface area (Å²) in [5, 5.41) is 12.0. The van der Waals surface area contributed by atoms with Gasteiger partial charge in [-0.15, -0.1) is 0 Å². The molecule has 0 bridgehead atoms. The highest BCUT2D eigenvalue weighted by Gasteiger charge is 2.33. The van der Waals surface area contributed by atoms with Crippen LogP contribution < -0.4 is 10.1 Å². The normalized spacial score (nSPS) is 26.5. The number of hydrogen-bond acceptors (Lipinski definition) is 4. The average molecular weight is 279 g/mol. The number of ether oxygens (including phenoxy) is 2. The van der Waals surface area contributed by atoms with Crippen LogP contribution in [0.1, 0.15) is 32.4 Å². The highest BCUT2D eigenvalue weighted by molar-refractivity contribution is 5.74. The molecule has 20 heavy (non-hydrogen) atoms. The number of benzene rings is 1. The van der Waals surface area contributed by atoms with Gasteiger partial charge in [-0.3, -0.25) is 10.1 Å². The van der Waals surface area contributed by atoms with Gasteiger partial charge in [-0.05, 0) is 38.5 Å². The minimum absolute atomic E-state index is 0.131. The SMILES string of the molecule is CC(C)Oc1ccc(C2CNC(C(=O)O)C(C)O2)cc1. The van der Waals surface area contributed by atoms with E-state index in [1.54, 1.807) is 6.92 Å². The minimum Gasteiger partial charge on any atom is -0.491 e. The van der Waals surface area contributed by atoms with Gasteiger partial charge in [-0.25, -0.2) is 0 Å². The van der Waals surface area contributed by atoms with Crippen LogP contribution in [0.3, 0.4) is 0 Å². The molecule has 1 aliphatic rings. The summed E-state index contributed by atoms with van der Waals surface area (Å²) in [5.41, 5.74) is 1.02. The Kier molecular flexibility index (Phi) is 4.62. The van der Waals surface area contributed by atoms with Gasteiger partial charge in [0.25, 0.3) is 0 Å². The third-order valence-corrected chi connectivity index (χ3v) is 3.26. The number of hydrogen-bond donors (Lipinski definition) is 2. The molecule has 5 heteroatoms. The zero-order valence-electron chi connectivity index (χ0n) is 12.0. The van der Waals surface area contributed by atoms with Crippen LogP contribution in [0.4, 0.5) is 0 Å². The summed E-state index contributed by atoms with van der Waals surface area (Å²) < 4.78 is 11.4. The highest BCUT2D eigenvalue weighted by Crippen LogP contribution is 2.25. The molecule has 5 nitrogen and oxygen atoms in total. The lowest BCUT2D eigenvalue weighted by Gasteiger charge is -2.33. The van der Waals surface area contributed by atoms with Gasteiger partial charge < -0.3 is 14.6 Å². The first-order valence-corrected chi connectivity index (χ1v) is 6.85. The van der Waals surface area contributed by atoms with E-state index >= 15 is 0 Å². The zero-order valence-corrected chi connectivity index (χ0v) is 12.0. The summed E-state index contributed by atoms with van der Waals surface area (Å²) in [6, 6.07) is 7.09. The van der Waals surface area contributed by atoms with Gasteiger partial charge in [-0.1, -0.05) is 12.1 Å². The predicted octanol–water partition coefficient (Wildman–Crippen LogP) is 1.98. The van der Waals surface area contributed by atoms with E-state index in [1.165, 1.54) is 0 Å². The maximum absolute atomic E-state index is 11.0. The van der Waals surface area contributed by atoms with Crippen LogP contribution in [0.25, 0.3) is 0 Å². The van der Waals surface area contributed by atoms with E-state index < -0.39 is 12.0 Å². The maximum Gasteiger partial charge on any atom is 0.323 e. The van der Waals surface area contributed by atoms with E-state index in [-0.39, 0.29) is 18.3 Å². The molecule has 1 aromatic rings. The Morgan fingerprint density at radius 1 is 1.40 bits per heavy atom. The number of carboxylic acids is 1. The van der Waals surface area contributed by atoms with E-state index in [9.17, 15) is 4.79 Å². The Hall–Kier alpha value is -1.59. The van der Waals surface area contributed by atoms with Crippen LogP contribution >= 0.6 is 0 Å². The van der Waals surface area contributed by atoms with Crippen molar-refractivity contribution in [1.29, 1.82) is 0 Å². The number of rotatable bonds is 4. The van der Waals surface area contributed by atoms with Crippen molar-refractivity contribution in [3.63, 3.8) is 0 Å². The lowest BCUT2D eigenvalue weighted by atomic mass is 10.0. The molecule has 2 N–H and O–H groups in total. The van der Waals surface area contributed by atoms with Crippen LogP contribution in [-0.4, -0.2) is 35.9 Å². The zero-order chi connectivity index (χ0) is 14.7. The summed E-state index contributed by atoms with van der Waals surface area (Å²) >= 11 is 0. The third-order valence-electron chi connectivity index (χ3n) is 3.26. The van der Waals surface area contributed by atoms with Gasteiger partial charge in [0.15, 0.2) is 0 Å². The van der Waals surface area contributed by atoms with Gasteiger partial charge in [-0.2, -0.15) is 0 Å². The molecule has 0 aromatic heterocycles. The second-order valence-electron chi connectivity index (χ2n) is 5.29. The van der Waals surface area contributed by atoms with Crippen molar-refractivity contribution in [2.24, 2.45) is 0 Å². The molecule has 0 amide bonds. The summed E-state index contributed by atoms with van der Waals surface area (Å²) in [6.45, 7) is 6.23. The molecule has 0 radical (unpaired) electrons. The van der Waals surface area contributed by atoms with Crippen molar-refractivity contribution in [2.75, 3.05) is 6.54 Å². The second kappa shape index (κ2) is 6.24. The maximum atomic E-state index is 11.0. The van der Waals surface area contributed by atoms with Crippen LogP contribution in [0.15, 0.2) is 24.3 Å². The van der Waals surface area contributed by atoms with Crippen molar-refractivity contribution in [3.8, 4) is 5.75 Å². The first-order chi connectivity index (χ1) is 9.47. The fourth-order valence-electron chi connectivity index (χ4n) is 2.30. The summed E-state index contributed by atoms with van der Waals surface area (Å²) in [4.78, 5) is 11.0. The molecule has 3 atom stereocenters. The first-order valence-electron chi connectivity index (χ1n) is 6.85. The summed E-state index contributed by atoms with van der Waals surface area (Å²) in [6.07, 6.45) is -0.351. The van der Waals surface area contributed by atoms with Crippen molar-refractivity contribution < 1.29 is 19.4 Å². The Balaban J connectivity index is 2.01. The Bertz CT molecular complexity index is 457. The highest BCUT2D eigenvalue weighted by atomic mass is 16.5. The molecule has 0 aliphatic carbocycles. The topological polar surface area (TPSA) is 67.8 Å². The Morgan fingerprint density at radius 2 is 2.05 bits per heavy atom. The molecule has 0 saturated carbocycles. The standard InChI is InChI=1S/C15H21NO4/c1-9(2)19-12-6-4-11(5-7-12)13-8-16-14(15(17)18)10(3)20-13/h4-7,9-10,13-14,16H,8H2,1-3H3,(H,17,18). The molecule has 3 unspecified atom stereocenters. The molecule has 1 fully saturated rings. The van der Waals surface area contributed by atoms with Gasteiger partial charge in [0, 0.05) is 6.54 Å². The van der Waals surface area contributed by atoms with E-state index in [1.807, 2.05) is 38.1 Å². The van der Waals surface area contributed by atoms with E-state index in [4.69, 9.17) is 14.6 Å². The lowest BCUT2D eigenvalue weighted by Crippen LogP contribution is -2.52. The van der Waals surface area contributed by atoms with E-state index in [0.29, 0.717) is 6.54 Å². The number of carboxylic acid groups (broad SMARTS) is 1. The fraction of sp³-hybridized carbons (Fsp3) is 0.533. The molecule has 110 valence electrons. The molecule has 1 heterocycles. The Morgan fingerprint density at radius 3 is 2.55 bits per heavy atom. The van der Waals surface area contributed by atoms with Crippen LogP contribution in [0.2, 0.25) is 0 Å². The van der Waals surface area contributed by atoms with Crippen molar-refractivity contribution in [3.05, 3.63) is 29.8 Å². The Labute approximate surface area is 118 Å². The predicted molar refractivity (Wildman–Crippen MR) is 74.9 cm³/mol. The number of nitrogens with one attached hydrogen (secondary N) is 1. The summed E-state index contributed by atoms with van der Waals surface area (Å²) in [7, 11) is 0. The largest absolute Gasteiger partial charge is 0.491 e. The molecular formula is C15H21NO4. The average Bonchev–Trinajstić information content (AvgIpc) is 2.38. The molecule has 1 aromatic carbocycles. The smallest absolute Gasteiger partial charge is 0.323 e.